The zero-order valence-corrected chi connectivity index (χ0v) is 9.82. The lowest BCUT2D eigenvalue weighted by molar-refractivity contribution is 0.380. The first kappa shape index (κ1) is 11.5. The topological polar surface area (TPSA) is 35.2 Å². The Bertz CT molecular complexity index is 341. The molecule has 14 heavy (non-hydrogen) atoms. The van der Waals surface area contributed by atoms with Gasteiger partial charge in [-0.05, 0) is 31.5 Å². The number of nitrogens with two attached hydrogens (primary N) is 1. The van der Waals surface area contributed by atoms with Gasteiger partial charge >= 0.3 is 0 Å². The van der Waals surface area contributed by atoms with Crippen molar-refractivity contribution in [3.05, 3.63) is 27.5 Å². The van der Waals surface area contributed by atoms with E-state index in [0.29, 0.717) is 18.7 Å². The van der Waals surface area contributed by atoms with Crippen molar-refractivity contribution in [2.45, 2.75) is 13.3 Å². The summed E-state index contributed by atoms with van der Waals surface area (Å²) in [6, 6.07) is 1.41. The molecular formula is C10H13BrFNO. The number of methoxy groups -OCH3 is 1. The van der Waals surface area contributed by atoms with Gasteiger partial charge in [0.05, 0.1) is 7.11 Å². The standard InChI is InChI=1S/C10H13BrFNO/c1-6-7(3-4-13)10(14-2)9(12)5-8(6)11/h5H,3-4,13H2,1-2H3. The number of ether oxygens (including phenoxy) is 1. The Morgan fingerprint density at radius 2 is 2.21 bits per heavy atom. The summed E-state index contributed by atoms with van der Waals surface area (Å²) >= 11 is 3.29. The van der Waals surface area contributed by atoms with E-state index in [1.165, 1.54) is 13.2 Å². The fourth-order valence-electron chi connectivity index (χ4n) is 1.41. The molecule has 0 heterocycles. The summed E-state index contributed by atoms with van der Waals surface area (Å²) in [5.74, 6) is -0.0513. The van der Waals surface area contributed by atoms with Crippen molar-refractivity contribution >= 4 is 15.9 Å². The molecule has 0 saturated heterocycles. The van der Waals surface area contributed by atoms with Crippen molar-refractivity contribution in [3.8, 4) is 5.75 Å². The van der Waals surface area contributed by atoms with Crippen molar-refractivity contribution in [1.82, 2.24) is 0 Å². The molecule has 0 aliphatic heterocycles. The SMILES string of the molecule is COc1c(F)cc(Br)c(C)c1CCN. The van der Waals surface area contributed by atoms with Crippen LogP contribution in [0.5, 0.6) is 5.75 Å². The lowest BCUT2D eigenvalue weighted by atomic mass is 10.0. The van der Waals surface area contributed by atoms with E-state index in [1.54, 1.807) is 0 Å². The maximum Gasteiger partial charge on any atom is 0.166 e. The summed E-state index contributed by atoms with van der Waals surface area (Å²) in [6.07, 6.45) is 0.616. The predicted octanol–water partition coefficient (Wildman–Crippen LogP) is 2.41. The molecule has 0 spiro atoms. The second-order valence-corrected chi connectivity index (χ2v) is 3.87. The number of benzene rings is 1. The largest absolute Gasteiger partial charge is 0.493 e. The highest BCUT2D eigenvalue weighted by Gasteiger charge is 2.14. The molecule has 0 aliphatic rings. The normalized spacial score (nSPS) is 10.4. The second-order valence-electron chi connectivity index (χ2n) is 3.02. The highest BCUT2D eigenvalue weighted by atomic mass is 79.9. The van der Waals surface area contributed by atoms with Crippen molar-refractivity contribution in [2.24, 2.45) is 5.73 Å². The van der Waals surface area contributed by atoms with E-state index in [1.807, 2.05) is 6.92 Å². The van der Waals surface area contributed by atoms with Crippen LogP contribution in [0.25, 0.3) is 0 Å². The van der Waals surface area contributed by atoms with Gasteiger partial charge in [-0.1, -0.05) is 15.9 Å². The van der Waals surface area contributed by atoms with Crippen LogP contribution in [0.2, 0.25) is 0 Å². The lowest BCUT2D eigenvalue weighted by Gasteiger charge is -2.13. The second kappa shape index (κ2) is 4.75. The van der Waals surface area contributed by atoms with Crippen LogP contribution in [0.3, 0.4) is 0 Å². The first-order chi connectivity index (χ1) is 6.61. The van der Waals surface area contributed by atoms with Crippen LogP contribution in [0.4, 0.5) is 4.39 Å². The van der Waals surface area contributed by atoms with Gasteiger partial charge < -0.3 is 10.5 Å². The van der Waals surface area contributed by atoms with Gasteiger partial charge in [0.15, 0.2) is 11.6 Å². The summed E-state index contributed by atoms with van der Waals surface area (Å²) < 4.78 is 19.2. The predicted molar refractivity (Wildman–Crippen MR) is 58.1 cm³/mol. The quantitative estimate of drug-likeness (QED) is 0.907. The molecule has 1 rings (SSSR count). The molecular weight excluding hydrogens is 249 g/mol. The summed E-state index contributed by atoms with van der Waals surface area (Å²) in [5.41, 5.74) is 7.28. The molecule has 0 aromatic heterocycles. The van der Waals surface area contributed by atoms with Gasteiger partial charge in [-0.2, -0.15) is 0 Å². The zero-order chi connectivity index (χ0) is 10.7. The Morgan fingerprint density at radius 1 is 1.57 bits per heavy atom. The zero-order valence-electron chi connectivity index (χ0n) is 8.23. The molecule has 1 aromatic rings. The average molecular weight is 262 g/mol. The maximum atomic E-state index is 13.4. The van der Waals surface area contributed by atoms with Crippen molar-refractivity contribution in [3.63, 3.8) is 0 Å². The average Bonchev–Trinajstić information content (AvgIpc) is 2.14. The molecule has 1 aromatic carbocycles. The smallest absolute Gasteiger partial charge is 0.166 e. The Kier molecular flexibility index (Phi) is 3.89. The van der Waals surface area contributed by atoms with E-state index in [-0.39, 0.29) is 5.82 Å². The van der Waals surface area contributed by atoms with Crippen LogP contribution in [0.15, 0.2) is 10.5 Å². The third kappa shape index (κ3) is 2.07. The molecule has 0 amide bonds. The van der Waals surface area contributed by atoms with Crippen LogP contribution in [-0.4, -0.2) is 13.7 Å². The molecule has 0 radical (unpaired) electrons. The molecule has 0 fully saturated rings. The van der Waals surface area contributed by atoms with Crippen molar-refractivity contribution in [1.29, 1.82) is 0 Å². The van der Waals surface area contributed by atoms with Crippen LogP contribution in [0.1, 0.15) is 11.1 Å². The lowest BCUT2D eigenvalue weighted by Crippen LogP contribution is -2.07. The highest BCUT2D eigenvalue weighted by molar-refractivity contribution is 9.10. The fourth-order valence-corrected chi connectivity index (χ4v) is 1.85. The summed E-state index contributed by atoms with van der Waals surface area (Å²) in [4.78, 5) is 0. The Hall–Kier alpha value is -0.610. The molecule has 0 saturated carbocycles. The van der Waals surface area contributed by atoms with Crippen LogP contribution >= 0.6 is 15.9 Å². The van der Waals surface area contributed by atoms with E-state index in [0.717, 1.165) is 15.6 Å². The van der Waals surface area contributed by atoms with Gasteiger partial charge in [0.2, 0.25) is 0 Å². The highest BCUT2D eigenvalue weighted by Crippen LogP contribution is 2.31. The molecule has 0 atom stereocenters. The Labute approximate surface area is 91.4 Å². The van der Waals surface area contributed by atoms with Gasteiger partial charge in [-0.15, -0.1) is 0 Å². The number of rotatable bonds is 3. The van der Waals surface area contributed by atoms with Gasteiger partial charge in [0, 0.05) is 10.0 Å². The molecule has 0 bridgehead atoms. The van der Waals surface area contributed by atoms with Crippen molar-refractivity contribution < 1.29 is 9.13 Å². The Morgan fingerprint density at radius 3 is 2.71 bits per heavy atom. The number of halogens is 2. The van der Waals surface area contributed by atoms with E-state index in [2.05, 4.69) is 15.9 Å². The summed E-state index contributed by atoms with van der Waals surface area (Å²) in [7, 11) is 1.46. The van der Waals surface area contributed by atoms with Crippen LogP contribution in [0, 0.1) is 12.7 Å². The molecule has 2 N–H and O–H groups in total. The van der Waals surface area contributed by atoms with Gasteiger partial charge in [0.1, 0.15) is 0 Å². The monoisotopic (exact) mass is 261 g/mol. The molecule has 0 aliphatic carbocycles. The minimum Gasteiger partial charge on any atom is -0.493 e. The van der Waals surface area contributed by atoms with E-state index in [9.17, 15) is 4.39 Å². The first-order valence-electron chi connectivity index (χ1n) is 4.33. The minimum atomic E-state index is -0.353. The van der Waals surface area contributed by atoms with Gasteiger partial charge in [-0.3, -0.25) is 0 Å². The Balaban J connectivity index is 3.32. The van der Waals surface area contributed by atoms with E-state index >= 15 is 0 Å². The maximum absolute atomic E-state index is 13.4. The summed E-state index contributed by atoms with van der Waals surface area (Å²) in [5, 5.41) is 0. The first-order valence-corrected chi connectivity index (χ1v) is 5.12. The number of hydrogen-bond acceptors (Lipinski definition) is 2. The molecule has 2 nitrogen and oxygen atoms in total. The third-order valence-electron chi connectivity index (χ3n) is 2.15. The van der Waals surface area contributed by atoms with E-state index in [4.69, 9.17) is 10.5 Å². The third-order valence-corrected chi connectivity index (χ3v) is 2.98. The minimum absolute atomic E-state index is 0.302. The fraction of sp³-hybridized carbons (Fsp3) is 0.400. The number of hydrogen-bond donors (Lipinski definition) is 1. The molecule has 4 heteroatoms. The van der Waals surface area contributed by atoms with Crippen LogP contribution < -0.4 is 10.5 Å². The van der Waals surface area contributed by atoms with Crippen molar-refractivity contribution in [2.75, 3.05) is 13.7 Å². The molecule has 78 valence electrons. The summed E-state index contributed by atoms with van der Waals surface area (Å²) in [6.45, 7) is 2.39. The van der Waals surface area contributed by atoms with Gasteiger partial charge in [0.25, 0.3) is 0 Å². The molecule has 0 unspecified atom stereocenters. The van der Waals surface area contributed by atoms with Gasteiger partial charge in [-0.25, -0.2) is 4.39 Å². The van der Waals surface area contributed by atoms with Crippen LogP contribution in [-0.2, 0) is 6.42 Å². The van der Waals surface area contributed by atoms with E-state index < -0.39 is 0 Å².